The average molecular weight is 276 g/mol. The molecule has 0 radical (unpaired) electrons. The Balaban J connectivity index is 2.06. The van der Waals surface area contributed by atoms with Crippen LogP contribution in [-0.2, 0) is 0 Å². The van der Waals surface area contributed by atoms with Gasteiger partial charge in [0, 0.05) is 6.54 Å². The first-order chi connectivity index (χ1) is 9.56. The summed E-state index contributed by atoms with van der Waals surface area (Å²) >= 11 is 0. The number of para-hydroxylation sites is 1. The molecule has 1 aromatic rings. The molecule has 1 fully saturated rings. The second-order valence-electron chi connectivity index (χ2n) is 6.30. The van der Waals surface area contributed by atoms with Crippen molar-refractivity contribution in [2.45, 2.75) is 59.0 Å². The van der Waals surface area contributed by atoms with E-state index >= 15 is 0 Å². The van der Waals surface area contributed by atoms with Crippen LogP contribution < -0.4 is 15.8 Å². The highest BCUT2D eigenvalue weighted by Crippen LogP contribution is 2.41. The van der Waals surface area contributed by atoms with Crippen molar-refractivity contribution in [1.29, 1.82) is 0 Å². The molecule has 112 valence electrons. The predicted octanol–water partition coefficient (Wildman–Crippen LogP) is 4.44. The summed E-state index contributed by atoms with van der Waals surface area (Å²) in [5.41, 5.74) is 8.40. The number of hydrogen-bond donors (Lipinski definition) is 2. The van der Waals surface area contributed by atoms with Crippen molar-refractivity contribution in [3.05, 3.63) is 18.2 Å². The molecular weight excluding hydrogens is 248 g/mol. The van der Waals surface area contributed by atoms with Crippen LogP contribution in [0.2, 0.25) is 0 Å². The van der Waals surface area contributed by atoms with Gasteiger partial charge in [-0.05, 0) is 50.7 Å². The molecule has 20 heavy (non-hydrogen) atoms. The van der Waals surface area contributed by atoms with E-state index in [4.69, 9.17) is 10.5 Å². The van der Waals surface area contributed by atoms with Crippen LogP contribution in [0.4, 0.5) is 11.4 Å². The Hall–Kier alpha value is -1.38. The van der Waals surface area contributed by atoms with Crippen molar-refractivity contribution in [2.24, 2.45) is 5.41 Å². The van der Waals surface area contributed by atoms with Crippen LogP contribution in [0.5, 0.6) is 5.75 Å². The molecule has 0 bridgehead atoms. The molecule has 1 aliphatic carbocycles. The zero-order chi connectivity index (χ0) is 14.6. The van der Waals surface area contributed by atoms with Crippen LogP contribution in [0, 0.1) is 5.41 Å². The van der Waals surface area contributed by atoms with E-state index in [2.05, 4.69) is 12.2 Å². The molecule has 0 unspecified atom stereocenters. The van der Waals surface area contributed by atoms with Gasteiger partial charge < -0.3 is 15.8 Å². The highest BCUT2D eigenvalue weighted by molar-refractivity contribution is 5.73. The number of rotatable bonds is 6. The monoisotopic (exact) mass is 276 g/mol. The lowest BCUT2D eigenvalue weighted by Crippen LogP contribution is -2.26. The van der Waals surface area contributed by atoms with Gasteiger partial charge in [-0.3, -0.25) is 0 Å². The summed E-state index contributed by atoms with van der Waals surface area (Å²) in [4.78, 5) is 0. The predicted molar refractivity (Wildman–Crippen MR) is 86.3 cm³/mol. The number of nitrogens with one attached hydrogen (secondary N) is 1. The third kappa shape index (κ3) is 3.38. The number of nitrogens with two attached hydrogens (primary N) is 1. The molecule has 1 saturated carbocycles. The lowest BCUT2D eigenvalue weighted by Gasteiger charge is -2.28. The fraction of sp³-hybridized carbons (Fsp3) is 0.647. The number of benzene rings is 1. The van der Waals surface area contributed by atoms with Gasteiger partial charge in [-0.25, -0.2) is 0 Å². The highest BCUT2D eigenvalue weighted by Gasteiger charge is 2.31. The Morgan fingerprint density at radius 1 is 1.30 bits per heavy atom. The first kappa shape index (κ1) is 15.0. The smallest absolute Gasteiger partial charge is 0.144 e. The van der Waals surface area contributed by atoms with Crippen molar-refractivity contribution in [3.63, 3.8) is 0 Å². The van der Waals surface area contributed by atoms with Crippen molar-refractivity contribution < 1.29 is 4.74 Å². The van der Waals surface area contributed by atoms with Gasteiger partial charge in [-0.15, -0.1) is 0 Å². The lowest BCUT2D eigenvalue weighted by atomic mass is 9.83. The summed E-state index contributed by atoms with van der Waals surface area (Å²) in [5.74, 6) is 0.780. The topological polar surface area (TPSA) is 47.3 Å². The van der Waals surface area contributed by atoms with Crippen LogP contribution in [0.25, 0.3) is 0 Å². The minimum atomic E-state index is 0.143. The van der Waals surface area contributed by atoms with E-state index in [1.165, 1.54) is 32.1 Å². The second-order valence-corrected chi connectivity index (χ2v) is 6.30. The average Bonchev–Trinajstić information content (AvgIpc) is 2.89. The number of anilines is 2. The van der Waals surface area contributed by atoms with Gasteiger partial charge in [-0.1, -0.05) is 25.8 Å². The van der Waals surface area contributed by atoms with Crippen LogP contribution in [0.15, 0.2) is 18.2 Å². The summed E-state index contributed by atoms with van der Waals surface area (Å²) in [6.45, 7) is 7.35. The first-order valence-corrected chi connectivity index (χ1v) is 7.85. The van der Waals surface area contributed by atoms with E-state index in [1.807, 2.05) is 32.0 Å². The van der Waals surface area contributed by atoms with Gasteiger partial charge in [-0.2, -0.15) is 0 Å². The van der Waals surface area contributed by atoms with E-state index in [1.54, 1.807) is 0 Å². The van der Waals surface area contributed by atoms with Gasteiger partial charge in [0.1, 0.15) is 5.75 Å². The number of nitrogen functional groups attached to an aromatic ring is 1. The molecule has 0 saturated heterocycles. The summed E-state index contributed by atoms with van der Waals surface area (Å²) in [5, 5.41) is 3.56. The molecule has 2 rings (SSSR count). The van der Waals surface area contributed by atoms with Crippen LogP contribution in [-0.4, -0.2) is 12.6 Å². The highest BCUT2D eigenvalue weighted by atomic mass is 16.5. The Labute approximate surface area is 122 Å². The normalized spacial score (nSPS) is 17.4. The summed E-state index contributed by atoms with van der Waals surface area (Å²) in [7, 11) is 0. The van der Waals surface area contributed by atoms with Crippen molar-refractivity contribution >= 4 is 11.4 Å². The van der Waals surface area contributed by atoms with Crippen molar-refractivity contribution in [2.75, 3.05) is 17.6 Å². The van der Waals surface area contributed by atoms with Crippen molar-refractivity contribution in [1.82, 2.24) is 0 Å². The zero-order valence-electron chi connectivity index (χ0n) is 13.0. The van der Waals surface area contributed by atoms with E-state index in [0.29, 0.717) is 5.41 Å². The van der Waals surface area contributed by atoms with Crippen LogP contribution >= 0.6 is 0 Å². The van der Waals surface area contributed by atoms with Gasteiger partial charge in [0.15, 0.2) is 0 Å². The summed E-state index contributed by atoms with van der Waals surface area (Å²) < 4.78 is 5.74. The lowest BCUT2D eigenvalue weighted by molar-refractivity contribution is 0.244. The van der Waals surface area contributed by atoms with Gasteiger partial charge >= 0.3 is 0 Å². The maximum Gasteiger partial charge on any atom is 0.144 e. The van der Waals surface area contributed by atoms with Crippen LogP contribution in [0.1, 0.15) is 52.9 Å². The maximum absolute atomic E-state index is 6.21. The first-order valence-electron chi connectivity index (χ1n) is 7.85. The maximum atomic E-state index is 6.21. The van der Waals surface area contributed by atoms with Gasteiger partial charge in [0.2, 0.25) is 0 Å². The number of ether oxygens (including phenoxy) is 1. The minimum absolute atomic E-state index is 0.143. The molecule has 1 aliphatic rings. The van der Waals surface area contributed by atoms with E-state index in [9.17, 15) is 0 Å². The molecule has 0 aromatic heterocycles. The third-order valence-corrected chi connectivity index (χ3v) is 4.50. The Morgan fingerprint density at radius 2 is 2.00 bits per heavy atom. The summed E-state index contributed by atoms with van der Waals surface area (Å²) in [6, 6.07) is 5.98. The molecule has 0 spiro atoms. The van der Waals surface area contributed by atoms with Gasteiger partial charge in [0.25, 0.3) is 0 Å². The Bertz CT molecular complexity index is 437. The molecule has 3 N–H and O–H groups in total. The fourth-order valence-electron chi connectivity index (χ4n) is 3.12. The van der Waals surface area contributed by atoms with E-state index in [0.717, 1.165) is 23.7 Å². The Kier molecular flexibility index (Phi) is 4.79. The molecule has 0 amide bonds. The van der Waals surface area contributed by atoms with Crippen LogP contribution in [0.3, 0.4) is 0 Å². The second kappa shape index (κ2) is 6.38. The van der Waals surface area contributed by atoms with Gasteiger partial charge in [0.05, 0.1) is 17.5 Å². The van der Waals surface area contributed by atoms with E-state index in [-0.39, 0.29) is 6.10 Å². The standard InChI is InChI=1S/C17H28N2O/c1-4-17(10-5-6-11-17)12-19-14-8-7-9-15(16(14)18)20-13(2)3/h7-9,13,19H,4-6,10-12,18H2,1-3H3. The summed E-state index contributed by atoms with van der Waals surface area (Å²) in [6.07, 6.45) is 6.77. The molecule has 3 nitrogen and oxygen atoms in total. The molecule has 1 aromatic carbocycles. The SMILES string of the molecule is CCC1(CNc2cccc(OC(C)C)c2N)CCCC1. The minimum Gasteiger partial charge on any atom is -0.489 e. The zero-order valence-corrected chi connectivity index (χ0v) is 13.0. The molecule has 0 atom stereocenters. The fourth-order valence-corrected chi connectivity index (χ4v) is 3.12. The quantitative estimate of drug-likeness (QED) is 0.755. The largest absolute Gasteiger partial charge is 0.489 e. The van der Waals surface area contributed by atoms with E-state index < -0.39 is 0 Å². The third-order valence-electron chi connectivity index (χ3n) is 4.50. The molecular formula is C17H28N2O. The molecule has 0 heterocycles. The van der Waals surface area contributed by atoms with Crippen molar-refractivity contribution in [3.8, 4) is 5.75 Å². The Morgan fingerprint density at radius 3 is 2.60 bits per heavy atom. The molecule has 3 heteroatoms. The number of hydrogen-bond acceptors (Lipinski definition) is 3. The molecule has 0 aliphatic heterocycles.